The number of halogens is 1. The molecule has 0 bridgehead atoms. The van der Waals surface area contributed by atoms with Gasteiger partial charge >= 0.3 is 5.69 Å². The standard InChI is InChI=1S/C22H18FN5O7S/c23-10-3-1-2-4-11(10)24-15(31)8-14-18(32)28-22(36-14)25-17(9-5-6-12(29)13(30)7-9)16-19(33)26-21(35)27-20(16)34/h1-7,14,17,29-30H,8H2,(H,24,31)(H,25,28,32)(H3,26,27,33,34,35)/t14-,17+/m0/s1. The Bertz CT molecular complexity index is 1500. The van der Waals surface area contributed by atoms with Crippen molar-refractivity contribution in [2.75, 3.05) is 5.32 Å². The number of phenolic OH excluding ortho intramolecular Hbond substituents is 2. The Morgan fingerprint density at radius 1 is 1.08 bits per heavy atom. The van der Waals surface area contributed by atoms with Gasteiger partial charge in [0.05, 0.1) is 5.69 Å². The molecule has 3 aromatic rings. The van der Waals surface area contributed by atoms with Crippen molar-refractivity contribution in [1.29, 1.82) is 0 Å². The number of amidine groups is 1. The minimum Gasteiger partial charge on any atom is -0.504 e. The number of nitrogens with one attached hydrogen (secondary N) is 4. The number of hydrogen-bond donors (Lipinski definition) is 7. The van der Waals surface area contributed by atoms with Gasteiger partial charge in [-0.3, -0.25) is 24.4 Å². The summed E-state index contributed by atoms with van der Waals surface area (Å²) < 4.78 is 13.8. The number of rotatable bonds is 6. The van der Waals surface area contributed by atoms with Gasteiger partial charge in [-0.2, -0.15) is 0 Å². The summed E-state index contributed by atoms with van der Waals surface area (Å²) in [5, 5.41) is 33.7. The van der Waals surface area contributed by atoms with Crippen molar-refractivity contribution in [2.45, 2.75) is 17.7 Å². The summed E-state index contributed by atoms with van der Waals surface area (Å²) in [4.78, 5) is 57.1. The Hall–Kier alpha value is -4.59. The minimum absolute atomic E-state index is 0.0220. The first-order chi connectivity index (χ1) is 17.1. The number of phenols is 2. The molecule has 4 rings (SSSR count). The van der Waals surface area contributed by atoms with E-state index in [9.17, 15) is 38.9 Å². The lowest BCUT2D eigenvalue weighted by atomic mass is 10.0. The number of anilines is 1. The average molecular weight is 515 g/mol. The average Bonchev–Trinajstić information content (AvgIpc) is 3.14. The third kappa shape index (κ3) is 5.22. The first kappa shape index (κ1) is 24.5. The number of carbonyl (C=O) groups is 2. The van der Waals surface area contributed by atoms with Crippen molar-refractivity contribution in [3.8, 4) is 17.4 Å². The largest absolute Gasteiger partial charge is 0.504 e. The smallest absolute Gasteiger partial charge is 0.328 e. The van der Waals surface area contributed by atoms with Crippen LogP contribution in [0.3, 0.4) is 0 Å². The quantitative estimate of drug-likeness (QED) is 0.236. The van der Waals surface area contributed by atoms with E-state index in [1.165, 1.54) is 30.3 Å². The first-order valence-electron chi connectivity index (χ1n) is 10.3. The molecule has 36 heavy (non-hydrogen) atoms. The molecule has 2 aromatic carbocycles. The van der Waals surface area contributed by atoms with E-state index in [0.29, 0.717) is 0 Å². The van der Waals surface area contributed by atoms with Gasteiger partial charge in [0, 0.05) is 6.42 Å². The molecular weight excluding hydrogens is 497 g/mol. The van der Waals surface area contributed by atoms with Crippen molar-refractivity contribution in [1.82, 2.24) is 15.3 Å². The summed E-state index contributed by atoms with van der Waals surface area (Å²) in [6.07, 6.45) is -0.320. The summed E-state index contributed by atoms with van der Waals surface area (Å²) in [6.45, 7) is 0. The van der Waals surface area contributed by atoms with Gasteiger partial charge in [0.25, 0.3) is 5.56 Å². The molecule has 0 aliphatic carbocycles. The second-order valence-corrected chi connectivity index (χ2v) is 8.77. The number of benzene rings is 2. The van der Waals surface area contributed by atoms with Crippen LogP contribution in [0.5, 0.6) is 17.4 Å². The molecule has 7 N–H and O–H groups in total. The molecule has 1 saturated heterocycles. The van der Waals surface area contributed by atoms with Crippen LogP contribution in [0.4, 0.5) is 10.1 Å². The lowest BCUT2D eigenvalue weighted by Crippen LogP contribution is -2.29. The van der Waals surface area contributed by atoms with Crippen LogP contribution in [0.2, 0.25) is 0 Å². The van der Waals surface area contributed by atoms with E-state index < -0.39 is 63.1 Å². The van der Waals surface area contributed by atoms with Crippen LogP contribution in [0.25, 0.3) is 0 Å². The van der Waals surface area contributed by atoms with Crippen LogP contribution in [0, 0.1) is 5.82 Å². The maximum Gasteiger partial charge on any atom is 0.328 e. The highest BCUT2D eigenvalue weighted by molar-refractivity contribution is 8.15. The topological polar surface area (TPSA) is 197 Å². The number of amides is 2. The molecule has 14 heteroatoms. The number of para-hydroxylation sites is 1. The third-order valence-electron chi connectivity index (χ3n) is 5.09. The molecule has 1 aliphatic rings. The molecule has 12 nitrogen and oxygen atoms in total. The molecule has 2 heterocycles. The number of carbonyl (C=O) groups excluding carboxylic acids is 2. The molecular formula is C22H18FN5O7S. The van der Waals surface area contributed by atoms with Gasteiger partial charge in [-0.1, -0.05) is 30.0 Å². The van der Waals surface area contributed by atoms with Crippen LogP contribution in [-0.2, 0) is 9.59 Å². The molecule has 0 unspecified atom stereocenters. The second-order valence-electron chi connectivity index (χ2n) is 7.58. The van der Waals surface area contributed by atoms with E-state index >= 15 is 0 Å². The fourth-order valence-electron chi connectivity index (χ4n) is 3.40. The van der Waals surface area contributed by atoms with E-state index in [2.05, 4.69) is 15.6 Å². The van der Waals surface area contributed by atoms with E-state index in [-0.39, 0.29) is 22.8 Å². The lowest BCUT2D eigenvalue weighted by molar-refractivity contribution is -0.122. The number of hydrogen-bond acceptors (Lipinski definition) is 9. The van der Waals surface area contributed by atoms with Crippen molar-refractivity contribution in [3.05, 3.63) is 80.2 Å². The Labute approximate surface area is 204 Å². The zero-order chi connectivity index (χ0) is 26.0. The molecule has 1 fully saturated rings. The summed E-state index contributed by atoms with van der Waals surface area (Å²) in [5.41, 5.74) is -2.26. The highest BCUT2D eigenvalue weighted by Gasteiger charge is 2.34. The highest BCUT2D eigenvalue weighted by Crippen LogP contribution is 2.35. The third-order valence-corrected chi connectivity index (χ3v) is 6.18. The van der Waals surface area contributed by atoms with E-state index in [0.717, 1.165) is 23.9 Å². The van der Waals surface area contributed by atoms with E-state index in [4.69, 9.17) is 0 Å². The number of aromatic nitrogens is 2. The van der Waals surface area contributed by atoms with Crippen LogP contribution in [0.15, 0.2) is 57.0 Å². The fraction of sp³-hybridized carbons (Fsp3) is 0.136. The number of aromatic hydroxyl groups is 3. The van der Waals surface area contributed by atoms with E-state index in [1.807, 2.05) is 9.97 Å². The number of aliphatic imine (C=N–C) groups is 1. The molecule has 0 radical (unpaired) electrons. The highest BCUT2D eigenvalue weighted by atomic mass is 32.2. The lowest BCUT2D eigenvalue weighted by Gasteiger charge is -2.15. The monoisotopic (exact) mass is 515 g/mol. The molecule has 0 spiro atoms. The van der Waals surface area contributed by atoms with Crippen LogP contribution in [0.1, 0.15) is 23.6 Å². The van der Waals surface area contributed by atoms with Gasteiger partial charge < -0.3 is 26.0 Å². The molecule has 1 aliphatic heterocycles. The van der Waals surface area contributed by atoms with Crippen LogP contribution < -0.4 is 21.9 Å². The Kier molecular flexibility index (Phi) is 6.78. The number of thioether (sulfide) groups is 1. The van der Waals surface area contributed by atoms with Gasteiger partial charge in [-0.15, -0.1) is 0 Å². The second kappa shape index (κ2) is 9.95. The zero-order valence-electron chi connectivity index (χ0n) is 18.1. The summed E-state index contributed by atoms with van der Waals surface area (Å²) in [6, 6.07) is 7.74. The predicted octanol–water partition coefficient (Wildman–Crippen LogP) is 1.02. The first-order valence-corrected chi connectivity index (χ1v) is 11.2. The molecule has 1 aromatic heterocycles. The predicted molar refractivity (Wildman–Crippen MR) is 128 cm³/mol. The minimum atomic E-state index is -1.34. The maximum atomic E-state index is 13.8. The number of aromatic amines is 2. The summed E-state index contributed by atoms with van der Waals surface area (Å²) in [7, 11) is 0. The van der Waals surface area contributed by atoms with Crippen LogP contribution in [-0.4, -0.2) is 47.5 Å². The Morgan fingerprint density at radius 3 is 2.53 bits per heavy atom. The van der Waals surface area contributed by atoms with Gasteiger partial charge in [-0.05, 0) is 29.8 Å². The Balaban J connectivity index is 1.62. The summed E-state index contributed by atoms with van der Waals surface area (Å²) in [5.74, 6) is -3.61. The van der Waals surface area contributed by atoms with Crippen molar-refractivity contribution >= 4 is 34.4 Å². The maximum absolute atomic E-state index is 13.8. The number of nitrogens with zero attached hydrogens (tertiary/aromatic N) is 1. The van der Waals surface area contributed by atoms with Crippen molar-refractivity contribution < 1.29 is 29.3 Å². The SMILES string of the molecule is O=C(C[C@@H]1SC(=N[C@H](c2ccc(O)c(O)c2)c2c(O)[nH]c(=O)[nH]c2=O)NC1=O)Nc1ccccc1F. The van der Waals surface area contributed by atoms with Gasteiger partial charge in [0.1, 0.15) is 22.7 Å². The molecule has 0 saturated carbocycles. The normalized spacial score (nSPS) is 17.1. The fourth-order valence-corrected chi connectivity index (χ4v) is 4.40. The van der Waals surface area contributed by atoms with Gasteiger partial charge in [0.2, 0.25) is 17.7 Å². The van der Waals surface area contributed by atoms with E-state index in [1.54, 1.807) is 0 Å². The molecule has 186 valence electrons. The van der Waals surface area contributed by atoms with Crippen molar-refractivity contribution in [3.63, 3.8) is 0 Å². The van der Waals surface area contributed by atoms with Crippen molar-refractivity contribution in [2.24, 2.45) is 4.99 Å². The molecule has 2 amide bonds. The Morgan fingerprint density at radius 2 is 1.83 bits per heavy atom. The zero-order valence-corrected chi connectivity index (χ0v) is 18.9. The van der Waals surface area contributed by atoms with Gasteiger partial charge in [0.15, 0.2) is 16.7 Å². The van der Waals surface area contributed by atoms with Crippen LogP contribution >= 0.6 is 11.8 Å². The summed E-state index contributed by atoms with van der Waals surface area (Å²) >= 11 is 0.859. The molecule has 2 atom stereocenters. The van der Waals surface area contributed by atoms with Gasteiger partial charge in [-0.25, -0.2) is 14.2 Å². The number of H-pyrrole nitrogens is 2.